The lowest BCUT2D eigenvalue weighted by Crippen LogP contribution is -2.23. The van der Waals surface area contributed by atoms with Gasteiger partial charge in [0.05, 0.1) is 0 Å². The molecule has 2 aromatic carbocycles. The van der Waals surface area contributed by atoms with Crippen molar-refractivity contribution in [3.8, 4) is 0 Å². The second kappa shape index (κ2) is 7.79. The first kappa shape index (κ1) is 16.3. The molecule has 2 rings (SSSR count). The van der Waals surface area contributed by atoms with Crippen LogP contribution in [-0.4, -0.2) is 13.6 Å². The number of benzene rings is 2. The molecule has 1 unspecified atom stereocenters. The van der Waals surface area contributed by atoms with E-state index in [-0.39, 0.29) is 11.7 Å². The van der Waals surface area contributed by atoms with Gasteiger partial charge in [-0.15, -0.1) is 0 Å². The van der Waals surface area contributed by atoms with Crippen LogP contribution in [0.25, 0.3) is 0 Å². The fourth-order valence-corrected chi connectivity index (χ4v) is 2.95. The Morgan fingerprint density at radius 2 is 1.71 bits per heavy atom. The van der Waals surface area contributed by atoms with Crippen molar-refractivity contribution >= 4 is 23.2 Å². The molecule has 0 saturated carbocycles. The van der Waals surface area contributed by atoms with Crippen LogP contribution in [0.2, 0.25) is 10.0 Å². The molecule has 0 heterocycles. The molecule has 21 heavy (non-hydrogen) atoms. The van der Waals surface area contributed by atoms with Crippen LogP contribution in [0.1, 0.15) is 11.1 Å². The molecule has 0 amide bonds. The largest absolute Gasteiger partial charge is 0.319 e. The zero-order valence-electron chi connectivity index (χ0n) is 11.9. The van der Waals surface area contributed by atoms with Crippen LogP contribution >= 0.6 is 23.2 Å². The number of rotatable bonds is 6. The van der Waals surface area contributed by atoms with Crippen LogP contribution in [0.3, 0.4) is 0 Å². The first-order valence-corrected chi connectivity index (χ1v) is 7.68. The van der Waals surface area contributed by atoms with Crippen molar-refractivity contribution in [1.29, 1.82) is 0 Å². The van der Waals surface area contributed by atoms with Crippen molar-refractivity contribution in [1.82, 2.24) is 5.32 Å². The lowest BCUT2D eigenvalue weighted by Gasteiger charge is -2.18. The van der Waals surface area contributed by atoms with E-state index in [0.717, 1.165) is 23.6 Å². The first-order valence-electron chi connectivity index (χ1n) is 6.92. The summed E-state index contributed by atoms with van der Waals surface area (Å²) in [6.07, 6.45) is 1.36. The topological polar surface area (TPSA) is 12.0 Å². The van der Waals surface area contributed by atoms with Crippen LogP contribution in [0.4, 0.5) is 4.39 Å². The van der Waals surface area contributed by atoms with Gasteiger partial charge in [-0.05, 0) is 56.1 Å². The maximum absolute atomic E-state index is 13.9. The summed E-state index contributed by atoms with van der Waals surface area (Å²) in [5, 5.41) is 4.39. The minimum Gasteiger partial charge on any atom is -0.319 e. The molecular formula is C17H18Cl2FN. The summed E-state index contributed by atoms with van der Waals surface area (Å²) >= 11 is 12.3. The van der Waals surface area contributed by atoms with Gasteiger partial charge < -0.3 is 5.32 Å². The molecule has 0 radical (unpaired) electrons. The summed E-state index contributed by atoms with van der Waals surface area (Å²) in [5.74, 6) is -0.0212. The normalized spacial score (nSPS) is 12.4. The molecule has 2 aromatic rings. The molecule has 1 atom stereocenters. The van der Waals surface area contributed by atoms with Gasteiger partial charge in [0, 0.05) is 15.6 Å². The predicted octanol–water partition coefficient (Wildman–Crippen LogP) is 4.75. The molecule has 112 valence electrons. The van der Waals surface area contributed by atoms with Crippen molar-refractivity contribution in [3.05, 3.63) is 69.5 Å². The Morgan fingerprint density at radius 3 is 2.38 bits per heavy atom. The van der Waals surface area contributed by atoms with E-state index in [1.165, 1.54) is 6.07 Å². The van der Waals surface area contributed by atoms with E-state index in [1.54, 1.807) is 12.1 Å². The third-order valence-corrected chi connectivity index (χ3v) is 4.24. The molecule has 1 N–H and O–H groups in total. The number of nitrogens with one attached hydrogen (secondary N) is 1. The van der Waals surface area contributed by atoms with Gasteiger partial charge in [0.15, 0.2) is 0 Å². The minimum atomic E-state index is -0.247. The van der Waals surface area contributed by atoms with E-state index in [9.17, 15) is 4.39 Å². The second-order valence-electron chi connectivity index (χ2n) is 5.12. The predicted molar refractivity (Wildman–Crippen MR) is 87.7 cm³/mol. The van der Waals surface area contributed by atoms with Gasteiger partial charge in [-0.3, -0.25) is 0 Å². The van der Waals surface area contributed by atoms with E-state index in [2.05, 4.69) is 5.32 Å². The highest BCUT2D eigenvalue weighted by atomic mass is 35.5. The number of hydrogen-bond acceptors (Lipinski definition) is 1. The van der Waals surface area contributed by atoms with Crippen LogP contribution in [0.5, 0.6) is 0 Å². The van der Waals surface area contributed by atoms with E-state index in [1.807, 2.05) is 31.3 Å². The van der Waals surface area contributed by atoms with E-state index in [4.69, 9.17) is 23.2 Å². The molecule has 4 heteroatoms. The Bertz CT molecular complexity index is 581. The van der Waals surface area contributed by atoms with Crippen molar-refractivity contribution in [2.45, 2.75) is 12.8 Å². The van der Waals surface area contributed by atoms with Crippen LogP contribution in [0.15, 0.2) is 42.5 Å². The average molecular weight is 326 g/mol. The van der Waals surface area contributed by atoms with E-state index < -0.39 is 0 Å². The first-order chi connectivity index (χ1) is 10.1. The smallest absolute Gasteiger partial charge is 0.127 e. The number of hydrogen-bond donors (Lipinski definition) is 1. The molecule has 1 nitrogen and oxygen atoms in total. The van der Waals surface area contributed by atoms with Gasteiger partial charge in [-0.2, -0.15) is 0 Å². The van der Waals surface area contributed by atoms with E-state index in [0.29, 0.717) is 17.0 Å². The highest BCUT2D eigenvalue weighted by Crippen LogP contribution is 2.25. The average Bonchev–Trinajstić information content (AvgIpc) is 2.45. The molecule has 0 aliphatic carbocycles. The van der Waals surface area contributed by atoms with Gasteiger partial charge in [0.1, 0.15) is 5.82 Å². The van der Waals surface area contributed by atoms with Crippen molar-refractivity contribution in [2.75, 3.05) is 13.6 Å². The Labute approximate surface area is 135 Å². The maximum Gasteiger partial charge on any atom is 0.127 e. The monoisotopic (exact) mass is 325 g/mol. The Kier molecular flexibility index (Phi) is 6.04. The number of halogens is 3. The van der Waals surface area contributed by atoms with Crippen LogP contribution < -0.4 is 5.32 Å². The Morgan fingerprint density at radius 1 is 1.00 bits per heavy atom. The van der Waals surface area contributed by atoms with Crippen molar-refractivity contribution < 1.29 is 4.39 Å². The standard InChI is InChI=1S/C17H18Cl2FN/c1-21-11-12(9-13-5-2-3-6-15(13)18)10-14-16(19)7-4-8-17(14)20/h2-8,12,21H,9-11H2,1H3. The summed E-state index contributed by atoms with van der Waals surface area (Å²) in [5.41, 5.74) is 1.65. The molecule has 0 saturated heterocycles. The molecule has 0 aromatic heterocycles. The lowest BCUT2D eigenvalue weighted by atomic mass is 9.92. The summed E-state index contributed by atoms with van der Waals surface area (Å²) in [7, 11) is 1.89. The van der Waals surface area contributed by atoms with E-state index >= 15 is 0 Å². The fourth-order valence-electron chi connectivity index (χ4n) is 2.50. The molecule has 0 aliphatic heterocycles. The van der Waals surface area contributed by atoms with Crippen LogP contribution in [0, 0.1) is 11.7 Å². The quantitative estimate of drug-likeness (QED) is 0.807. The summed E-state index contributed by atoms with van der Waals surface area (Å²) in [6.45, 7) is 0.774. The minimum absolute atomic E-state index is 0.226. The van der Waals surface area contributed by atoms with Gasteiger partial charge in [0.2, 0.25) is 0 Å². The highest BCUT2D eigenvalue weighted by Gasteiger charge is 2.16. The second-order valence-corrected chi connectivity index (χ2v) is 5.94. The van der Waals surface area contributed by atoms with Gasteiger partial charge in [0.25, 0.3) is 0 Å². The zero-order valence-corrected chi connectivity index (χ0v) is 13.4. The molecule has 0 spiro atoms. The Hall–Kier alpha value is -1.09. The van der Waals surface area contributed by atoms with Crippen molar-refractivity contribution in [3.63, 3.8) is 0 Å². The maximum atomic E-state index is 13.9. The highest BCUT2D eigenvalue weighted by molar-refractivity contribution is 6.31. The van der Waals surface area contributed by atoms with Crippen LogP contribution in [-0.2, 0) is 12.8 Å². The summed E-state index contributed by atoms with van der Waals surface area (Å²) in [4.78, 5) is 0. The molecule has 0 bridgehead atoms. The van der Waals surface area contributed by atoms with Gasteiger partial charge in [-0.1, -0.05) is 47.5 Å². The lowest BCUT2D eigenvalue weighted by molar-refractivity contribution is 0.480. The zero-order chi connectivity index (χ0) is 15.2. The SMILES string of the molecule is CNCC(Cc1ccccc1Cl)Cc1c(F)cccc1Cl. The molecule has 0 fully saturated rings. The van der Waals surface area contributed by atoms with Gasteiger partial charge >= 0.3 is 0 Å². The third kappa shape index (κ3) is 4.44. The molecule has 0 aliphatic rings. The third-order valence-electron chi connectivity index (χ3n) is 3.51. The Balaban J connectivity index is 2.18. The van der Waals surface area contributed by atoms with Gasteiger partial charge in [-0.25, -0.2) is 4.39 Å². The summed E-state index contributed by atoms with van der Waals surface area (Å²) in [6, 6.07) is 12.6. The fraction of sp³-hybridized carbons (Fsp3) is 0.294. The molecular weight excluding hydrogens is 308 g/mol. The van der Waals surface area contributed by atoms with Crippen molar-refractivity contribution in [2.24, 2.45) is 5.92 Å². The summed E-state index contributed by atoms with van der Waals surface area (Å²) < 4.78 is 13.9.